The van der Waals surface area contributed by atoms with Crippen LogP contribution in [0.15, 0.2) is 58.5 Å². The number of benzene rings is 1. The summed E-state index contributed by atoms with van der Waals surface area (Å²) in [5, 5.41) is 0. The highest BCUT2D eigenvalue weighted by Gasteiger charge is 2.32. The number of hydrogen-bond donors (Lipinski definition) is 0. The first-order chi connectivity index (χ1) is 14.9. The second-order valence-electron chi connectivity index (χ2n) is 8.68. The van der Waals surface area contributed by atoms with Crippen LogP contribution < -0.4 is 5.49 Å². The maximum atomic E-state index is 13.3. The van der Waals surface area contributed by atoms with E-state index in [0.29, 0.717) is 36.3 Å². The molecule has 1 aromatic carbocycles. The van der Waals surface area contributed by atoms with Crippen molar-refractivity contribution < 1.29 is 13.2 Å². The SMILES string of the molecule is Cc1ccc(S(=O)(=O)N2CCC(C(=O)n3ccccc3=NC3CCCCC3)CC2)cc1. The average Bonchev–Trinajstić information content (AvgIpc) is 2.80. The maximum absolute atomic E-state index is 13.3. The predicted molar refractivity (Wildman–Crippen MR) is 120 cm³/mol. The summed E-state index contributed by atoms with van der Waals surface area (Å²) in [5.41, 5.74) is 1.74. The first-order valence-corrected chi connectivity index (χ1v) is 12.7. The zero-order valence-electron chi connectivity index (χ0n) is 18.1. The minimum Gasteiger partial charge on any atom is -0.274 e. The minimum absolute atomic E-state index is 0.0162. The molecular formula is C24H31N3O3S. The van der Waals surface area contributed by atoms with E-state index >= 15 is 0 Å². The number of piperidine rings is 1. The van der Waals surface area contributed by atoms with Crippen molar-refractivity contribution in [1.29, 1.82) is 0 Å². The molecule has 1 saturated heterocycles. The second-order valence-corrected chi connectivity index (χ2v) is 10.6. The summed E-state index contributed by atoms with van der Waals surface area (Å²) in [5.74, 6) is -0.181. The van der Waals surface area contributed by atoms with Gasteiger partial charge in [-0.15, -0.1) is 0 Å². The lowest BCUT2D eigenvalue weighted by atomic mass is 9.96. The Labute approximate surface area is 184 Å². The van der Waals surface area contributed by atoms with Gasteiger partial charge in [-0.25, -0.2) is 8.42 Å². The van der Waals surface area contributed by atoms with Crippen molar-refractivity contribution in [3.05, 3.63) is 59.7 Å². The van der Waals surface area contributed by atoms with Gasteiger partial charge in [0, 0.05) is 25.2 Å². The molecule has 7 heteroatoms. The minimum atomic E-state index is -3.52. The zero-order valence-corrected chi connectivity index (χ0v) is 18.9. The van der Waals surface area contributed by atoms with Gasteiger partial charge in [0.25, 0.3) is 0 Å². The molecule has 0 amide bonds. The summed E-state index contributed by atoms with van der Waals surface area (Å²) in [4.78, 5) is 18.4. The normalized spacial score (nSPS) is 20.1. The molecule has 2 aliphatic rings. The molecule has 0 N–H and O–H groups in total. The molecule has 4 rings (SSSR count). The van der Waals surface area contributed by atoms with Crippen LogP contribution in [0.25, 0.3) is 0 Å². The molecule has 0 bridgehead atoms. The standard InChI is InChI=1S/C24H31N3O3S/c1-19-10-12-22(13-11-19)31(29,30)26-17-14-20(15-18-26)24(28)27-16-6-5-9-23(27)25-21-7-3-2-4-8-21/h5-6,9-13,16,20-21H,2-4,7-8,14-15,17-18H2,1H3. The number of hydrogen-bond acceptors (Lipinski definition) is 4. The summed E-state index contributed by atoms with van der Waals surface area (Å²) < 4.78 is 29.1. The first-order valence-electron chi connectivity index (χ1n) is 11.3. The molecular weight excluding hydrogens is 410 g/mol. The Balaban J connectivity index is 1.47. The Kier molecular flexibility index (Phi) is 6.72. The van der Waals surface area contributed by atoms with Gasteiger partial charge in [0.15, 0.2) is 0 Å². The molecule has 0 spiro atoms. The van der Waals surface area contributed by atoms with Gasteiger partial charge in [-0.1, -0.05) is 43.0 Å². The third-order valence-electron chi connectivity index (χ3n) is 6.43. The van der Waals surface area contributed by atoms with Crippen LogP contribution in [0.1, 0.15) is 55.3 Å². The highest BCUT2D eigenvalue weighted by Crippen LogP contribution is 2.25. The van der Waals surface area contributed by atoms with Crippen LogP contribution in [0.5, 0.6) is 0 Å². The first kappa shape index (κ1) is 22.0. The van der Waals surface area contributed by atoms with E-state index in [2.05, 4.69) is 0 Å². The number of aryl methyl sites for hydroxylation is 1. The number of aromatic nitrogens is 1. The Morgan fingerprint density at radius 2 is 1.61 bits per heavy atom. The summed E-state index contributed by atoms with van der Waals surface area (Å²) in [6, 6.07) is 12.9. The molecule has 0 radical (unpaired) electrons. The largest absolute Gasteiger partial charge is 0.274 e. The van der Waals surface area contributed by atoms with Crippen molar-refractivity contribution in [2.75, 3.05) is 13.1 Å². The molecule has 0 unspecified atom stereocenters. The van der Waals surface area contributed by atoms with Gasteiger partial charge in [0.05, 0.1) is 10.9 Å². The molecule has 1 aliphatic heterocycles. The number of carbonyl (C=O) groups excluding carboxylic acids is 1. The van der Waals surface area contributed by atoms with Gasteiger partial charge >= 0.3 is 0 Å². The fourth-order valence-electron chi connectivity index (χ4n) is 4.52. The zero-order chi connectivity index (χ0) is 21.8. The number of rotatable bonds is 4. The number of nitrogens with zero attached hydrogens (tertiary/aromatic N) is 3. The van der Waals surface area contributed by atoms with Crippen LogP contribution in [-0.4, -0.2) is 42.3 Å². The number of pyridine rings is 1. The smallest absolute Gasteiger partial charge is 0.243 e. The monoisotopic (exact) mass is 441 g/mol. The molecule has 1 saturated carbocycles. The van der Waals surface area contributed by atoms with Crippen LogP contribution >= 0.6 is 0 Å². The fraction of sp³-hybridized carbons (Fsp3) is 0.500. The Hall–Kier alpha value is -2.25. The highest BCUT2D eigenvalue weighted by atomic mass is 32.2. The molecule has 2 fully saturated rings. The van der Waals surface area contributed by atoms with E-state index < -0.39 is 10.0 Å². The maximum Gasteiger partial charge on any atom is 0.243 e. The second kappa shape index (κ2) is 9.49. The Bertz CT molecular complexity index is 1080. The number of sulfonamides is 1. The van der Waals surface area contributed by atoms with Crippen LogP contribution in [-0.2, 0) is 10.0 Å². The lowest BCUT2D eigenvalue weighted by Gasteiger charge is -2.30. The van der Waals surface area contributed by atoms with Crippen LogP contribution in [0.4, 0.5) is 0 Å². The molecule has 1 aromatic heterocycles. The van der Waals surface area contributed by atoms with E-state index in [1.54, 1.807) is 22.9 Å². The van der Waals surface area contributed by atoms with Crippen LogP contribution in [0.2, 0.25) is 0 Å². The van der Waals surface area contributed by atoms with Crippen molar-refractivity contribution in [2.24, 2.45) is 10.9 Å². The van der Waals surface area contributed by atoms with Crippen molar-refractivity contribution in [2.45, 2.75) is 62.8 Å². The van der Waals surface area contributed by atoms with Crippen molar-refractivity contribution in [3.63, 3.8) is 0 Å². The van der Waals surface area contributed by atoms with E-state index in [-0.39, 0.29) is 17.9 Å². The Morgan fingerprint density at radius 3 is 2.29 bits per heavy atom. The van der Waals surface area contributed by atoms with E-state index in [9.17, 15) is 13.2 Å². The summed E-state index contributed by atoms with van der Waals surface area (Å²) in [6.07, 6.45) is 8.66. The quantitative estimate of drug-likeness (QED) is 0.725. The lowest BCUT2D eigenvalue weighted by molar-refractivity contribution is 0.0780. The van der Waals surface area contributed by atoms with Gasteiger partial charge < -0.3 is 0 Å². The lowest BCUT2D eigenvalue weighted by Crippen LogP contribution is -2.42. The third-order valence-corrected chi connectivity index (χ3v) is 8.34. The topological polar surface area (TPSA) is 71.7 Å². The summed E-state index contributed by atoms with van der Waals surface area (Å²) >= 11 is 0. The molecule has 1 aliphatic carbocycles. The van der Waals surface area contributed by atoms with Crippen molar-refractivity contribution >= 4 is 15.9 Å². The van der Waals surface area contributed by atoms with E-state index in [1.807, 2.05) is 37.3 Å². The van der Waals surface area contributed by atoms with Gasteiger partial charge in [-0.3, -0.25) is 14.4 Å². The van der Waals surface area contributed by atoms with E-state index in [1.165, 1.54) is 23.6 Å². The van der Waals surface area contributed by atoms with Crippen molar-refractivity contribution in [3.8, 4) is 0 Å². The molecule has 6 nitrogen and oxygen atoms in total. The molecule has 2 heterocycles. The van der Waals surface area contributed by atoms with Crippen LogP contribution in [0, 0.1) is 12.8 Å². The van der Waals surface area contributed by atoms with E-state index in [4.69, 9.17) is 4.99 Å². The summed E-state index contributed by atoms with van der Waals surface area (Å²) in [6.45, 7) is 2.65. The average molecular weight is 442 g/mol. The van der Waals surface area contributed by atoms with Gasteiger partial charge in [-0.2, -0.15) is 4.31 Å². The molecule has 0 atom stereocenters. The van der Waals surface area contributed by atoms with Gasteiger partial charge in [0.1, 0.15) is 5.49 Å². The molecule has 31 heavy (non-hydrogen) atoms. The highest BCUT2D eigenvalue weighted by molar-refractivity contribution is 7.89. The Morgan fingerprint density at radius 1 is 0.935 bits per heavy atom. The van der Waals surface area contributed by atoms with E-state index in [0.717, 1.165) is 18.4 Å². The third kappa shape index (κ3) is 4.99. The summed E-state index contributed by atoms with van der Waals surface area (Å²) in [7, 11) is -3.52. The van der Waals surface area contributed by atoms with Gasteiger partial charge in [-0.05, 0) is 56.9 Å². The predicted octanol–water partition coefficient (Wildman–Crippen LogP) is 3.77. The fourth-order valence-corrected chi connectivity index (χ4v) is 5.99. The van der Waals surface area contributed by atoms with Crippen molar-refractivity contribution in [1.82, 2.24) is 8.87 Å². The molecule has 2 aromatic rings. The van der Waals surface area contributed by atoms with Gasteiger partial charge in [0.2, 0.25) is 15.9 Å². The number of carbonyl (C=O) groups is 1. The van der Waals surface area contributed by atoms with Crippen LogP contribution in [0.3, 0.4) is 0 Å². The molecule has 166 valence electrons.